The maximum atomic E-state index is 9.40. The van der Waals surface area contributed by atoms with E-state index in [4.69, 9.17) is 9.26 Å². The first-order valence-corrected chi connectivity index (χ1v) is 9.81. The van der Waals surface area contributed by atoms with Crippen molar-refractivity contribution in [2.75, 3.05) is 0 Å². The third-order valence-electron chi connectivity index (χ3n) is 4.52. The van der Waals surface area contributed by atoms with Crippen molar-refractivity contribution < 1.29 is 9.26 Å². The Hall–Kier alpha value is -3.13. The SMILES string of the molecule is CC.CC(C)Oc1ccc(-c2nc(-c3cccc4c3CCC4)no2)cc1C#N. The zero-order valence-corrected chi connectivity index (χ0v) is 16.8. The molecule has 0 N–H and O–H groups in total. The summed E-state index contributed by atoms with van der Waals surface area (Å²) in [7, 11) is 0. The van der Waals surface area contributed by atoms with Crippen LogP contribution >= 0.6 is 0 Å². The van der Waals surface area contributed by atoms with E-state index in [0.717, 1.165) is 18.4 Å². The molecule has 144 valence electrons. The Labute approximate surface area is 166 Å². The highest BCUT2D eigenvalue weighted by molar-refractivity contribution is 5.66. The van der Waals surface area contributed by atoms with Gasteiger partial charge in [-0.15, -0.1) is 0 Å². The minimum atomic E-state index is 0.00290. The fourth-order valence-electron chi connectivity index (χ4n) is 3.39. The van der Waals surface area contributed by atoms with Crippen LogP contribution in [0.15, 0.2) is 40.9 Å². The average Bonchev–Trinajstić information content (AvgIpc) is 3.39. The highest BCUT2D eigenvalue weighted by atomic mass is 16.5. The Morgan fingerprint density at radius 2 is 1.96 bits per heavy atom. The van der Waals surface area contributed by atoms with Crippen LogP contribution < -0.4 is 4.74 Å². The maximum absolute atomic E-state index is 9.40. The minimum Gasteiger partial charge on any atom is -0.490 e. The van der Waals surface area contributed by atoms with E-state index in [-0.39, 0.29) is 6.10 Å². The summed E-state index contributed by atoms with van der Waals surface area (Å²) in [6.45, 7) is 7.86. The van der Waals surface area contributed by atoms with Gasteiger partial charge in [-0.1, -0.05) is 37.2 Å². The van der Waals surface area contributed by atoms with Gasteiger partial charge in [-0.05, 0) is 62.4 Å². The quantitative estimate of drug-likeness (QED) is 0.595. The molecule has 5 nitrogen and oxygen atoms in total. The lowest BCUT2D eigenvalue weighted by Crippen LogP contribution is -2.06. The van der Waals surface area contributed by atoms with E-state index < -0.39 is 0 Å². The Morgan fingerprint density at radius 3 is 2.71 bits per heavy atom. The number of aromatic nitrogens is 2. The molecule has 0 unspecified atom stereocenters. The number of rotatable bonds is 4. The molecule has 0 amide bonds. The van der Waals surface area contributed by atoms with Gasteiger partial charge in [0.1, 0.15) is 11.8 Å². The van der Waals surface area contributed by atoms with Gasteiger partial charge in [0.15, 0.2) is 0 Å². The molecule has 3 aromatic rings. The van der Waals surface area contributed by atoms with Crippen LogP contribution in [0.25, 0.3) is 22.8 Å². The van der Waals surface area contributed by atoms with E-state index in [9.17, 15) is 5.26 Å². The number of hydrogen-bond donors (Lipinski definition) is 0. The second-order valence-corrected chi connectivity index (χ2v) is 6.71. The standard InChI is InChI=1S/C21H19N3O2.C2H6/c1-13(2)25-19-10-9-15(11-16(19)12-22)21-23-20(24-26-21)18-8-4-6-14-5-3-7-17(14)18;1-2/h4,6,8-11,13H,3,5,7H2,1-2H3;1-2H3. The highest BCUT2D eigenvalue weighted by Crippen LogP contribution is 2.32. The van der Waals surface area contributed by atoms with Crippen molar-refractivity contribution in [3.05, 3.63) is 53.1 Å². The molecule has 2 aromatic carbocycles. The van der Waals surface area contributed by atoms with Crippen molar-refractivity contribution in [1.29, 1.82) is 5.26 Å². The third-order valence-corrected chi connectivity index (χ3v) is 4.52. The molecular weight excluding hydrogens is 350 g/mol. The summed E-state index contributed by atoms with van der Waals surface area (Å²) in [6, 6.07) is 13.8. The Balaban J connectivity index is 0.00000109. The number of nitriles is 1. The van der Waals surface area contributed by atoms with Crippen molar-refractivity contribution in [3.63, 3.8) is 0 Å². The van der Waals surface area contributed by atoms with Crippen LogP contribution in [-0.4, -0.2) is 16.2 Å². The fourth-order valence-corrected chi connectivity index (χ4v) is 3.39. The molecule has 1 aromatic heterocycles. The van der Waals surface area contributed by atoms with Gasteiger partial charge in [0, 0.05) is 11.1 Å². The third kappa shape index (κ3) is 3.91. The molecule has 0 bridgehead atoms. The second-order valence-electron chi connectivity index (χ2n) is 6.71. The summed E-state index contributed by atoms with van der Waals surface area (Å²) in [5.74, 6) is 1.56. The fraction of sp³-hybridized carbons (Fsp3) is 0.348. The van der Waals surface area contributed by atoms with Crippen molar-refractivity contribution in [2.24, 2.45) is 0 Å². The summed E-state index contributed by atoms with van der Waals surface area (Å²) in [6.07, 6.45) is 3.33. The van der Waals surface area contributed by atoms with Crippen LogP contribution in [0.5, 0.6) is 5.75 Å². The number of nitrogens with zero attached hydrogens (tertiary/aromatic N) is 3. The van der Waals surface area contributed by atoms with E-state index in [0.29, 0.717) is 28.6 Å². The first-order valence-electron chi connectivity index (χ1n) is 9.81. The van der Waals surface area contributed by atoms with Crippen LogP contribution in [0.2, 0.25) is 0 Å². The van der Waals surface area contributed by atoms with Gasteiger partial charge in [-0.25, -0.2) is 0 Å². The maximum Gasteiger partial charge on any atom is 0.258 e. The molecule has 28 heavy (non-hydrogen) atoms. The van der Waals surface area contributed by atoms with Gasteiger partial charge in [0.2, 0.25) is 5.82 Å². The number of ether oxygens (including phenoxy) is 1. The van der Waals surface area contributed by atoms with Crippen LogP contribution in [0.1, 0.15) is 50.8 Å². The lowest BCUT2D eigenvalue weighted by molar-refractivity contribution is 0.242. The molecular formula is C23H25N3O2. The molecule has 0 fully saturated rings. The first-order chi connectivity index (χ1) is 13.7. The molecule has 0 saturated heterocycles. The van der Waals surface area contributed by atoms with Crippen LogP contribution in [0, 0.1) is 11.3 Å². The summed E-state index contributed by atoms with van der Waals surface area (Å²) in [4.78, 5) is 4.57. The molecule has 0 saturated carbocycles. The van der Waals surface area contributed by atoms with Crippen molar-refractivity contribution in [1.82, 2.24) is 10.1 Å². The van der Waals surface area contributed by atoms with Gasteiger partial charge in [0.25, 0.3) is 5.89 Å². The molecule has 1 aliphatic carbocycles. The number of benzene rings is 2. The van der Waals surface area contributed by atoms with Crippen LogP contribution in [0.3, 0.4) is 0 Å². The van der Waals surface area contributed by atoms with Gasteiger partial charge < -0.3 is 9.26 Å². The zero-order chi connectivity index (χ0) is 20.1. The van der Waals surface area contributed by atoms with Gasteiger partial charge in [-0.3, -0.25) is 0 Å². The molecule has 1 heterocycles. The Morgan fingerprint density at radius 1 is 1.14 bits per heavy atom. The topological polar surface area (TPSA) is 71.9 Å². The zero-order valence-electron chi connectivity index (χ0n) is 16.8. The molecule has 1 aliphatic rings. The number of hydrogen-bond acceptors (Lipinski definition) is 5. The highest BCUT2D eigenvalue weighted by Gasteiger charge is 2.19. The van der Waals surface area contributed by atoms with Gasteiger partial charge >= 0.3 is 0 Å². The largest absolute Gasteiger partial charge is 0.490 e. The van der Waals surface area contributed by atoms with Crippen LogP contribution in [-0.2, 0) is 12.8 Å². The summed E-state index contributed by atoms with van der Waals surface area (Å²) in [5.41, 5.74) is 4.89. The molecule has 0 aliphatic heterocycles. The van der Waals surface area contributed by atoms with E-state index in [1.165, 1.54) is 17.5 Å². The summed E-state index contributed by atoms with van der Waals surface area (Å²) in [5, 5.41) is 13.6. The van der Waals surface area contributed by atoms with E-state index in [1.807, 2.05) is 45.9 Å². The van der Waals surface area contributed by atoms with Gasteiger partial charge in [0.05, 0.1) is 11.7 Å². The predicted molar refractivity (Wildman–Crippen MR) is 109 cm³/mol. The van der Waals surface area contributed by atoms with E-state index in [2.05, 4.69) is 22.3 Å². The minimum absolute atomic E-state index is 0.00290. The van der Waals surface area contributed by atoms with Gasteiger partial charge in [-0.2, -0.15) is 10.2 Å². The lowest BCUT2D eigenvalue weighted by Gasteiger charge is -2.11. The molecule has 0 atom stereocenters. The van der Waals surface area contributed by atoms with E-state index in [1.54, 1.807) is 12.1 Å². The number of aryl methyl sites for hydroxylation is 1. The number of fused-ring (bicyclic) bond motifs is 1. The smallest absolute Gasteiger partial charge is 0.258 e. The van der Waals surface area contributed by atoms with Crippen molar-refractivity contribution in [3.8, 4) is 34.7 Å². The normalized spacial score (nSPS) is 12.1. The van der Waals surface area contributed by atoms with Crippen LogP contribution in [0.4, 0.5) is 0 Å². The molecule has 0 spiro atoms. The molecule has 5 heteroatoms. The Bertz CT molecular complexity index is 999. The first kappa shape index (κ1) is 19.6. The molecule has 0 radical (unpaired) electrons. The monoisotopic (exact) mass is 375 g/mol. The summed E-state index contributed by atoms with van der Waals surface area (Å²) < 4.78 is 11.1. The Kier molecular flexibility index (Phi) is 6.10. The second kappa shape index (κ2) is 8.71. The molecule has 4 rings (SSSR count). The average molecular weight is 375 g/mol. The lowest BCUT2D eigenvalue weighted by atomic mass is 10.0. The van der Waals surface area contributed by atoms with E-state index >= 15 is 0 Å². The predicted octanol–water partition coefficient (Wildman–Crippen LogP) is 5.58. The van der Waals surface area contributed by atoms with Crippen molar-refractivity contribution >= 4 is 0 Å². The van der Waals surface area contributed by atoms with Crippen molar-refractivity contribution in [2.45, 2.75) is 53.1 Å². The summed E-state index contributed by atoms with van der Waals surface area (Å²) >= 11 is 0.